The zero-order valence-electron chi connectivity index (χ0n) is 10.7. The standard InChI is InChI=1S/C13H19N5/c1-2-18-9-10(7-16-18)12-8-15-13(17-12)6-11-4-3-5-14-11/h7-9,11,14H,2-6H2,1H3,(H,15,17). The molecule has 0 spiro atoms. The van der Waals surface area contributed by atoms with Crippen LogP contribution in [0.2, 0.25) is 0 Å². The minimum Gasteiger partial charge on any atom is -0.342 e. The lowest BCUT2D eigenvalue weighted by Gasteiger charge is -2.06. The van der Waals surface area contributed by atoms with E-state index in [1.54, 1.807) is 0 Å². The fourth-order valence-corrected chi connectivity index (χ4v) is 2.45. The summed E-state index contributed by atoms with van der Waals surface area (Å²) in [5.41, 5.74) is 2.16. The van der Waals surface area contributed by atoms with Gasteiger partial charge in [-0.25, -0.2) is 4.98 Å². The highest BCUT2D eigenvalue weighted by Gasteiger charge is 2.16. The molecule has 5 nitrogen and oxygen atoms in total. The van der Waals surface area contributed by atoms with E-state index in [2.05, 4.69) is 27.3 Å². The Balaban J connectivity index is 1.72. The van der Waals surface area contributed by atoms with Crippen LogP contribution in [0.3, 0.4) is 0 Å². The molecule has 1 fully saturated rings. The summed E-state index contributed by atoms with van der Waals surface area (Å²) in [7, 11) is 0. The van der Waals surface area contributed by atoms with Gasteiger partial charge in [0.1, 0.15) is 5.82 Å². The molecule has 0 amide bonds. The summed E-state index contributed by atoms with van der Waals surface area (Å²) in [6, 6.07) is 0.586. The number of nitrogens with zero attached hydrogens (tertiary/aromatic N) is 3. The molecule has 3 rings (SSSR count). The van der Waals surface area contributed by atoms with Gasteiger partial charge in [0.25, 0.3) is 0 Å². The summed E-state index contributed by atoms with van der Waals surface area (Å²) in [6.07, 6.45) is 9.36. The van der Waals surface area contributed by atoms with Crippen molar-refractivity contribution in [2.45, 2.75) is 38.8 Å². The minimum atomic E-state index is 0.586. The first kappa shape index (κ1) is 11.5. The third kappa shape index (κ3) is 2.31. The predicted molar refractivity (Wildman–Crippen MR) is 70.2 cm³/mol. The highest BCUT2D eigenvalue weighted by atomic mass is 15.3. The number of aromatic amines is 1. The van der Waals surface area contributed by atoms with Crippen molar-refractivity contribution in [1.82, 2.24) is 25.1 Å². The van der Waals surface area contributed by atoms with Crippen LogP contribution < -0.4 is 5.32 Å². The molecule has 1 unspecified atom stereocenters. The van der Waals surface area contributed by atoms with Crippen molar-refractivity contribution in [2.24, 2.45) is 0 Å². The summed E-state index contributed by atoms with van der Waals surface area (Å²) in [4.78, 5) is 7.85. The number of nitrogens with one attached hydrogen (secondary N) is 2. The second kappa shape index (κ2) is 4.94. The van der Waals surface area contributed by atoms with E-state index < -0.39 is 0 Å². The molecule has 1 aliphatic heterocycles. The first-order valence-electron chi connectivity index (χ1n) is 6.65. The lowest BCUT2D eigenvalue weighted by atomic mass is 10.1. The van der Waals surface area contributed by atoms with Crippen LogP contribution in [0.4, 0.5) is 0 Å². The first-order valence-corrected chi connectivity index (χ1v) is 6.65. The van der Waals surface area contributed by atoms with Crippen LogP contribution in [0.1, 0.15) is 25.6 Å². The molecule has 18 heavy (non-hydrogen) atoms. The zero-order chi connectivity index (χ0) is 12.4. The van der Waals surface area contributed by atoms with Gasteiger partial charge in [-0.3, -0.25) is 4.68 Å². The van der Waals surface area contributed by atoms with E-state index in [4.69, 9.17) is 0 Å². The van der Waals surface area contributed by atoms with E-state index >= 15 is 0 Å². The van der Waals surface area contributed by atoms with Gasteiger partial charge in [0.05, 0.1) is 18.1 Å². The van der Waals surface area contributed by atoms with Crippen LogP contribution in [0.15, 0.2) is 18.6 Å². The largest absolute Gasteiger partial charge is 0.342 e. The Morgan fingerprint density at radius 1 is 1.44 bits per heavy atom. The number of hydrogen-bond donors (Lipinski definition) is 2. The maximum Gasteiger partial charge on any atom is 0.108 e. The van der Waals surface area contributed by atoms with Crippen LogP contribution >= 0.6 is 0 Å². The molecule has 0 aliphatic carbocycles. The van der Waals surface area contributed by atoms with Crippen LogP contribution in [-0.2, 0) is 13.0 Å². The second-order valence-corrected chi connectivity index (χ2v) is 4.83. The fraction of sp³-hybridized carbons (Fsp3) is 0.538. The third-order valence-electron chi connectivity index (χ3n) is 3.50. The number of aromatic nitrogens is 4. The molecular weight excluding hydrogens is 226 g/mol. The Morgan fingerprint density at radius 2 is 2.39 bits per heavy atom. The molecule has 0 radical (unpaired) electrons. The minimum absolute atomic E-state index is 0.586. The Morgan fingerprint density at radius 3 is 3.11 bits per heavy atom. The van der Waals surface area contributed by atoms with Crippen LogP contribution in [0.25, 0.3) is 11.3 Å². The Kier molecular flexibility index (Phi) is 3.15. The number of H-pyrrole nitrogens is 1. The Bertz CT molecular complexity index is 507. The Hall–Kier alpha value is -1.62. The monoisotopic (exact) mass is 245 g/mol. The second-order valence-electron chi connectivity index (χ2n) is 4.83. The molecule has 0 saturated carbocycles. The smallest absolute Gasteiger partial charge is 0.108 e. The maximum atomic E-state index is 4.46. The van der Waals surface area contributed by atoms with Crippen LogP contribution in [0, 0.1) is 0 Å². The normalized spacial score (nSPS) is 19.5. The van der Waals surface area contributed by atoms with E-state index in [-0.39, 0.29) is 0 Å². The summed E-state index contributed by atoms with van der Waals surface area (Å²) in [5.74, 6) is 1.06. The molecule has 0 bridgehead atoms. The van der Waals surface area contributed by atoms with Gasteiger partial charge in [-0.2, -0.15) is 5.10 Å². The number of aryl methyl sites for hydroxylation is 1. The molecule has 2 N–H and O–H groups in total. The van der Waals surface area contributed by atoms with E-state index in [9.17, 15) is 0 Å². The van der Waals surface area contributed by atoms with Crippen molar-refractivity contribution >= 4 is 0 Å². The highest BCUT2D eigenvalue weighted by molar-refractivity contribution is 5.56. The molecule has 2 aromatic heterocycles. The van der Waals surface area contributed by atoms with Gasteiger partial charge in [0, 0.05) is 30.8 Å². The lowest BCUT2D eigenvalue weighted by molar-refractivity contribution is 0.589. The Labute approximate surface area is 107 Å². The van der Waals surface area contributed by atoms with Crippen molar-refractivity contribution < 1.29 is 0 Å². The van der Waals surface area contributed by atoms with Gasteiger partial charge in [-0.15, -0.1) is 0 Å². The van der Waals surface area contributed by atoms with Gasteiger partial charge in [0.2, 0.25) is 0 Å². The molecule has 0 aromatic carbocycles. The fourth-order valence-electron chi connectivity index (χ4n) is 2.45. The van der Waals surface area contributed by atoms with Gasteiger partial charge < -0.3 is 10.3 Å². The summed E-state index contributed by atoms with van der Waals surface area (Å²) in [6.45, 7) is 4.12. The molecule has 2 aromatic rings. The van der Waals surface area contributed by atoms with Crippen LogP contribution in [0.5, 0.6) is 0 Å². The molecule has 3 heterocycles. The summed E-state index contributed by atoms with van der Waals surface area (Å²) >= 11 is 0. The van der Waals surface area contributed by atoms with Crippen molar-refractivity contribution in [1.29, 1.82) is 0 Å². The summed E-state index contributed by atoms with van der Waals surface area (Å²) in [5, 5.41) is 7.77. The molecule has 1 saturated heterocycles. The van der Waals surface area contributed by atoms with Gasteiger partial charge >= 0.3 is 0 Å². The number of rotatable bonds is 4. The zero-order valence-corrected chi connectivity index (χ0v) is 10.7. The van der Waals surface area contributed by atoms with Gasteiger partial charge in [0.15, 0.2) is 0 Å². The van der Waals surface area contributed by atoms with Gasteiger partial charge in [-0.1, -0.05) is 0 Å². The molecule has 96 valence electrons. The molecule has 5 heteroatoms. The first-order chi connectivity index (χ1) is 8.85. The highest BCUT2D eigenvalue weighted by Crippen LogP contribution is 2.17. The maximum absolute atomic E-state index is 4.46. The lowest BCUT2D eigenvalue weighted by Crippen LogP contribution is -2.24. The SMILES string of the molecule is CCn1cc(-c2cnc(CC3CCCN3)[nH]2)cn1. The van der Waals surface area contributed by atoms with E-state index in [0.717, 1.165) is 36.6 Å². The predicted octanol–water partition coefficient (Wildman–Crippen LogP) is 1.59. The topological polar surface area (TPSA) is 58.5 Å². The molecule has 1 aliphatic rings. The van der Waals surface area contributed by atoms with Gasteiger partial charge in [-0.05, 0) is 26.3 Å². The van der Waals surface area contributed by atoms with Crippen molar-refractivity contribution in [3.05, 3.63) is 24.4 Å². The molecule has 1 atom stereocenters. The quantitative estimate of drug-likeness (QED) is 0.860. The van der Waals surface area contributed by atoms with Crippen LogP contribution in [-0.4, -0.2) is 32.3 Å². The van der Waals surface area contributed by atoms with Crippen molar-refractivity contribution in [2.75, 3.05) is 6.54 Å². The average molecular weight is 245 g/mol. The third-order valence-corrected chi connectivity index (χ3v) is 3.50. The van der Waals surface area contributed by atoms with E-state index in [1.807, 2.05) is 23.3 Å². The number of imidazole rings is 1. The van der Waals surface area contributed by atoms with Crippen molar-refractivity contribution in [3.63, 3.8) is 0 Å². The van der Waals surface area contributed by atoms with E-state index in [0.29, 0.717) is 6.04 Å². The number of hydrogen-bond acceptors (Lipinski definition) is 3. The molecular formula is C13H19N5. The van der Waals surface area contributed by atoms with E-state index in [1.165, 1.54) is 12.8 Å². The average Bonchev–Trinajstić information content (AvgIpc) is 3.09. The summed E-state index contributed by atoms with van der Waals surface area (Å²) < 4.78 is 1.92. The van der Waals surface area contributed by atoms with Crippen molar-refractivity contribution in [3.8, 4) is 11.3 Å².